The second-order valence-electron chi connectivity index (χ2n) is 5.09. The van der Waals surface area contributed by atoms with Gasteiger partial charge in [0.1, 0.15) is 6.29 Å². The van der Waals surface area contributed by atoms with E-state index in [0.717, 1.165) is 19.1 Å². The largest absolute Gasteiger partial charge is 0.481 e. The van der Waals surface area contributed by atoms with E-state index in [0.29, 0.717) is 6.42 Å². The van der Waals surface area contributed by atoms with Crippen LogP contribution in [-0.4, -0.2) is 17.4 Å². The van der Waals surface area contributed by atoms with Crippen molar-refractivity contribution in [3.05, 3.63) is 0 Å². The van der Waals surface area contributed by atoms with Crippen LogP contribution in [0.25, 0.3) is 0 Å². The lowest BCUT2D eigenvalue weighted by Gasteiger charge is -2.08. The van der Waals surface area contributed by atoms with Crippen molar-refractivity contribution in [1.29, 1.82) is 0 Å². The number of carbonyl (C=O) groups is 2. The molecule has 1 atom stereocenters. The molecule has 0 fully saturated rings. The molecule has 0 heterocycles. The fourth-order valence-corrected chi connectivity index (χ4v) is 2.13. The molecule has 0 aliphatic rings. The summed E-state index contributed by atoms with van der Waals surface area (Å²) in [5.74, 6) is -0.862. The summed E-state index contributed by atoms with van der Waals surface area (Å²) in [6, 6.07) is 0. The molecule has 0 aromatic rings. The van der Waals surface area contributed by atoms with Gasteiger partial charge in [0.2, 0.25) is 0 Å². The van der Waals surface area contributed by atoms with Crippen LogP contribution in [0.1, 0.15) is 77.6 Å². The van der Waals surface area contributed by atoms with Crippen molar-refractivity contribution >= 4 is 12.3 Å². The van der Waals surface area contributed by atoms with Crippen molar-refractivity contribution in [2.45, 2.75) is 77.6 Å². The number of rotatable bonds is 13. The standard InChI is InChI=1S/C15H28O3/c1-2-3-4-5-6-7-8-9-10-14(13-16)11-12-15(17)18/h13-14H,2-12H2,1H3,(H,17,18). The average Bonchev–Trinajstić information content (AvgIpc) is 2.36. The normalized spacial score (nSPS) is 12.3. The van der Waals surface area contributed by atoms with Crippen molar-refractivity contribution in [1.82, 2.24) is 0 Å². The molecule has 0 saturated carbocycles. The number of carbonyl (C=O) groups excluding carboxylic acids is 1. The topological polar surface area (TPSA) is 54.4 Å². The lowest BCUT2D eigenvalue weighted by molar-refractivity contribution is -0.137. The second-order valence-corrected chi connectivity index (χ2v) is 5.09. The van der Waals surface area contributed by atoms with E-state index in [9.17, 15) is 9.59 Å². The molecular formula is C15H28O3. The first-order chi connectivity index (χ1) is 8.70. The predicted octanol–water partition coefficient (Wildman–Crippen LogP) is 4.20. The Kier molecular flexibility index (Phi) is 12.0. The van der Waals surface area contributed by atoms with Gasteiger partial charge in [-0.15, -0.1) is 0 Å². The van der Waals surface area contributed by atoms with Crippen molar-refractivity contribution in [2.24, 2.45) is 5.92 Å². The van der Waals surface area contributed by atoms with Crippen LogP contribution in [-0.2, 0) is 9.59 Å². The number of hydrogen-bond acceptors (Lipinski definition) is 2. The zero-order valence-electron chi connectivity index (χ0n) is 11.7. The molecular weight excluding hydrogens is 228 g/mol. The highest BCUT2D eigenvalue weighted by Gasteiger charge is 2.09. The average molecular weight is 256 g/mol. The monoisotopic (exact) mass is 256 g/mol. The first-order valence-corrected chi connectivity index (χ1v) is 7.37. The van der Waals surface area contributed by atoms with Gasteiger partial charge in [-0.1, -0.05) is 58.3 Å². The van der Waals surface area contributed by atoms with E-state index >= 15 is 0 Å². The van der Waals surface area contributed by atoms with Crippen LogP contribution in [0.3, 0.4) is 0 Å². The molecule has 1 N–H and O–H groups in total. The van der Waals surface area contributed by atoms with Crippen molar-refractivity contribution in [3.8, 4) is 0 Å². The summed E-state index contributed by atoms with van der Waals surface area (Å²) in [6.07, 6.45) is 12.4. The zero-order chi connectivity index (χ0) is 13.6. The van der Waals surface area contributed by atoms with Gasteiger partial charge in [0.15, 0.2) is 0 Å². The van der Waals surface area contributed by atoms with Gasteiger partial charge in [-0.3, -0.25) is 4.79 Å². The lowest BCUT2D eigenvalue weighted by Crippen LogP contribution is -2.05. The van der Waals surface area contributed by atoms with Crippen LogP contribution in [0.2, 0.25) is 0 Å². The number of hydrogen-bond donors (Lipinski definition) is 1. The van der Waals surface area contributed by atoms with Gasteiger partial charge in [0.25, 0.3) is 0 Å². The molecule has 1 unspecified atom stereocenters. The third-order valence-electron chi connectivity index (χ3n) is 3.35. The zero-order valence-corrected chi connectivity index (χ0v) is 11.7. The minimum atomic E-state index is -0.808. The van der Waals surface area contributed by atoms with E-state index in [1.54, 1.807) is 0 Å². The van der Waals surface area contributed by atoms with E-state index in [1.807, 2.05) is 0 Å². The number of aliphatic carboxylic acids is 1. The van der Waals surface area contributed by atoms with Crippen LogP contribution in [0.15, 0.2) is 0 Å². The molecule has 0 radical (unpaired) electrons. The molecule has 0 aromatic heterocycles. The summed E-state index contributed by atoms with van der Waals surface area (Å²) in [5, 5.41) is 8.55. The number of carboxylic acid groups (broad SMARTS) is 1. The second kappa shape index (κ2) is 12.6. The molecule has 106 valence electrons. The quantitative estimate of drug-likeness (QED) is 0.397. The molecule has 0 spiro atoms. The highest BCUT2D eigenvalue weighted by atomic mass is 16.4. The molecule has 0 rings (SSSR count). The molecule has 0 aliphatic carbocycles. The van der Waals surface area contributed by atoms with Crippen LogP contribution < -0.4 is 0 Å². The van der Waals surface area contributed by atoms with E-state index in [4.69, 9.17) is 5.11 Å². The molecule has 18 heavy (non-hydrogen) atoms. The Morgan fingerprint density at radius 3 is 2.06 bits per heavy atom. The smallest absolute Gasteiger partial charge is 0.303 e. The Morgan fingerprint density at radius 2 is 1.56 bits per heavy atom. The van der Waals surface area contributed by atoms with Crippen LogP contribution in [0.5, 0.6) is 0 Å². The minimum absolute atomic E-state index is 0.0545. The highest BCUT2D eigenvalue weighted by Crippen LogP contribution is 2.15. The van der Waals surface area contributed by atoms with Gasteiger partial charge in [-0.25, -0.2) is 0 Å². The minimum Gasteiger partial charge on any atom is -0.481 e. The Hall–Kier alpha value is -0.860. The fraction of sp³-hybridized carbons (Fsp3) is 0.867. The summed E-state index contributed by atoms with van der Waals surface area (Å²) in [6.45, 7) is 2.22. The molecule has 3 heteroatoms. The van der Waals surface area contributed by atoms with Gasteiger partial charge in [-0.05, 0) is 12.8 Å². The van der Waals surface area contributed by atoms with E-state index in [-0.39, 0.29) is 12.3 Å². The van der Waals surface area contributed by atoms with Gasteiger partial charge in [-0.2, -0.15) is 0 Å². The Labute approximate surface area is 111 Å². The molecule has 0 aromatic carbocycles. The predicted molar refractivity (Wildman–Crippen MR) is 73.7 cm³/mol. The molecule has 0 saturated heterocycles. The Balaban J connectivity index is 3.34. The Bertz CT molecular complexity index is 214. The highest BCUT2D eigenvalue weighted by molar-refractivity contribution is 5.67. The third-order valence-corrected chi connectivity index (χ3v) is 3.35. The SMILES string of the molecule is CCCCCCCCCCC(C=O)CCC(=O)O. The van der Waals surface area contributed by atoms with E-state index in [2.05, 4.69) is 6.92 Å². The van der Waals surface area contributed by atoms with Crippen molar-refractivity contribution in [2.75, 3.05) is 0 Å². The van der Waals surface area contributed by atoms with Gasteiger partial charge < -0.3 is 9.90 Å². The maximum atomic E-state index is 10.8. The number of unbranched alkanes of at least 4 members (excludes halogenated alkanes) is 7. The summed E-state index contributed by atoms with van der Waals surface area (Å²) < 4.78 is 0. The molecule has 0 amide bonds. The third kappa shape index (κ3) is 11.6. The summed E-state index contributed by atoms with van der Waals surface area (Å²) >= 11 is 0. The maximum absolute atomic E-state index is 10.8. The molecule has 0 aliphatic heterocycles. The van der Waals surface area contributed by atoms with Crippen LogP contribution >= 0.6 is 0 Å². The van der Waals surface area contributed by atoms with Crippen molar-refractivity contribution in [3.63, 3.8) is 0 Å². The summed E-state index contributed by atoms with van der Waals surface area (Å²) in [4.78, 5) is 21.2. The Morgan fingerprint density at radius 1 is 1.00 bits per heavy atom. The van der Waals surface area contributed by atoms with Crippen LogP contribution in [0.4, 0.5) is 0 Å². The maximum Gasteiger partial charge on any atom is 0.303 e. The lowest BCUT2D eigenvalue weighted by atomic mass is 9.97. The summed E-state index contributed by atoms with van der Waals surface area (Å²) in [7, 11) is 0. The van der Waals surface area contributed by atoms with Crippen LogP contribution in [0, 0.1) is 5.92 Å². The first kappa shape index (κ1) is 17.1. The van der Waals surface area contributed by atoms with E-state index in [1.165, 1.54) is 44.9 Å². The van der Waals surface area contributed by atoms with Crippen molar-refractivity contribution < 1.29 is 14.7 Å². The fourth-order valence-electron chi connectivity index (χ4n) is 2.13. The number of carboxylic acids is 1. The molecule has 0 bridgehead atoms. The van der Waals surface area contributed by atoms with Gasteiger partial charge >= 0.3 is 5.97 Å². The van der Waals surface area contributed by atoms with Gasteiger partial charge in [0, 0.05) is 12.3 Å². The molecule has 3 nitrogen and oxygen atoms in total. The number of aldehydes is 1. The first-order valence-electron chi connectivity index (χ1n) is 7.37. The van der Waals surface area contributed by atoms with E-state index < -0.39 is 5.97 Å². The summed E-state index contributed by atoms with van der Waals surface area (Å²) in [5.41, 5.74) is 0. The van der Waals surface area contributed by atoms with Gasteiger partial charge in [0.05, 0.1) is 0 Å².